The molecule has 2 atom stereocenters. The van der Waals surface area contributed by atoms with E-state index in [9.17, 15) is 4.79 Å². The topological polar surface area (TPSA) is 61.8 Å². The van der Waals surface area contributed by atoms with Gasteiger partial charge in [-0.25, -0.2) is 4.79 Å². The fraction of sp³-hybridized carbons (Fsp3) is 0.588. The van der Waals surface area contributed by atoms with Gasteiger partial charge in [-0.1, -0.05) is 43.2 Å². The molecule has 5 nitrogen and oxygen atoms in total. The molecule has 1 aliphatic rings. The van der Waals surface area contributed by atoms with Crippen LogP contribution in [0, 0.1) is 0 Å². The average Bonchev–Trinajstić information content (AvgIpc) is 2.58. The maximum Gasteiger partial charge on any atom is 0.410 e. The molecule has 1 aliphatic carbocycles. The number of hydrogen-bond acceptors (Lipinski definition) is 4. The number of amides is 1. The predicted octanol–water partition coefficient (Wildman–Crippen LogP) is 2.15. The smallest absolute Gasteiger partial charge is 0.410 e. The van der Waals surface area contributed by atoms with E-state index in [0.717, 1.165) is 31.2 Å². The monoisotopic (exact) mass is 306 g/mol. The first-order valence-electron chi connectivity index (χ1n) is 8.00. The lowest BCUT2D eigenvalue weighted by atomic mass is 9.89. The SMILES string of the molecule is CN(C(=O)OCc1ccccc1)[C@H]1CCCC[C@H]1NCCO. The van der Waals surface area contributed by atoms with E-state index in [2.05, 4.69) is 5.32 Å². The van der Waals surface area contributed by atoms with E-state index >= 15 is 0 Å². The van der Waals surface area contributed by atoms with Gasteiger partial charge in [0.25, 0.3) is 0 Å². The van der Waals surface area contributed by atoms with Gasteiger partial charge in [-0.05, 0) is 18.4 Å². The Hall–Kier alpha value is -1.59. The van der Waals surface area contributed by atoms with Gasteiger partial charge in [0, 0.05) is 19.6 Å². The van der Waals surface area contributed by atoms with Crippen LogP contribution in [-0.4, -0.2) is 48.4 Å². The number of likely N-dealkylation sites (N-methyl/N-ethyl adjacent to an activating group) is 1. The van der Waals surface area contributed by atoms with Crippen LogP contribution >= 0.6 is 0 Å². The minimum atomic E-state index is -0.286. The Kier molecular flexibility index (Phi) is 6.68. The molecule has 0 unspecified atom stereocenters. The summed E-state index contributed by atoms with van der Waals surface area (Å²) >= 11 is 0. The largest absolute Gasteiger partial charge is 0.445 e. The van der Waals surface area contributed by atoms with Crippen molar-refractivity contribution in [2.24, 2.45) is 0 Å². The third kappa shape index (κ3) is 4.71. The van der Waals surface area contributed by atoms with Crippen LogP contribution in [0.3, 0.4) is 0 Å². The normalized spacial score (nSPS) is 21.4. The third-order valence-corrected chi connectivity index (χ3v) is 4.24. The van der Waals surface area contributed by atoms with Crippen molar-refractivity contribution in [3.63, 3.8) is 0 Å². The second kappa shape index (κ2) is 8.76. The lowest BCUT2D eigenvalue weighted by Gasteiger charge is -2.37. The van der Waals surface area contributed by atoms with Gasteiger partial charge in [0.05, 0.1) is 12.6 Å². The number of aliphatic hydroxyl groups excluding tert-OH is 1. The molecule has 0 spiro atoms. The summed E-state index contributed by atoms with van der Waals surface area (Å²) in [5.74, 6) is 0. The van der Waals surface area contributed by atoms with Gasteiger partial charge >= 0.3 is 6.09 Å². The van der Waals surface area contributed by atoms with E-state index in [1.165, 1.54) is 0 Å². The lowest BCUT2D eigenvalue weighted by molar-refractivity contribution is 0.0736. The highest BCUT2D eigenvalue weighted by Crippen LogP contribution is 2.23. The van der Waals surface area contributed by atoms with Gasteiger partial charge in [-0.2, -0.15) is 0 Å². The third-order valence-electron chi connectivity index (χ3n) is 4.24. The maximum atomic E-state index is 12.3. The minimum Gasteiger partial charge on any atom is -0.445 e. The molecule has 0 aliphatic heterocycles. The van der Waals surface area contributed by atoms with Crippen molar-refractivity contribution in [2.75, 3.05) is 20.2 Å². The molecule has 0 aromatic heterocycles. The van der Waals surface area contributed by atoms with Crippen LogP contribution in [0.5, 0.6) is 0 Å². The Morgan fingerprint density at radius 3 is 2.77 bits per heavy atom. The second-order valence-corrected chi connectivity index (χ2v) is 5.79. The molecule has 122 valence electrons. The van der Waals surface area contributed by atoms with Crippen molar-refractivity contribution in [2.45, 2.75) is 44.4 Å². The van der Waals surface area contributed by atoms with E-state index in [1.807, 2.05) is 30.3 Å². The summed E-state index contributed by atoms with van der Waals surface area (Å²) in [5.41, 5.74) is 0.989. The molecule has 0 saturated heterocycles. The van der Waals surface area contributed by atoms with E-state index in [-0.39, 0.29) is 24.8 Å². The molecule has 1 amide bonds. The highest BCUT2D eigenvalue weighted by molar-refractivity contribution is 5.67. The van der Waals surface area contributed by atoms with Crippen molar-refractivity contribution >= 4 is 6.09 Å². The fourth-order valence-electron chi connectivity index (χ4n) is 3.02. The number of benzene rings is 1. The predicted molar refractivity (Wildman–Crippen MR) is 85.5 cm³/mol. The number of nitrogens with zero attached hydrogens (tertiary/aromatic N) is 1. The number of aliphatic hydroxyl groups is 1. The summed E-state index contributed by atoms with van der Waals surface area (Å²) in [6.45, 7) is 0.977. The van der Waals surface area contributed by atoms with Crippen LogP contribution in [0.2, 0.25) is 0 Å². The Morgan fingerprint density at radius 1 is 1.32 bits per heavy atom. The molecule has 0 heterocycles. The standard InChI is InChI=1S/C17H26N2O3/c1-19(16-10-6-5-9-15(16)18-11-12-20)17(21)22-13-14-7-3-2-4-8-14/h2-4,7-8,15-16,18,20H,5-6,9-13H2,1H3/t15-,16+/m1/s1. The first-order valence-corrected chi connectivity index (χ1v) is 8.00. The molecule has 2 rings (SSSR count). The first-order chi connectivity index (χ1) is 10.7. The highest BCUT2D eigenvalue weighted by atomic mass is 16.6. The zero-order valence-electron chi connectivity index (χ0n) is 13.2. The van der Waals surface area contributed by atoms with E-state index in [0.29, 0.717) is 13.2 Å². The van der Waals surface area contributed by atoms with Gasteiger partial charge in [-0.3, -0.25) is 0 Å². The molecule has 1 aromatic carbocycles. The highest BCUT2D eigenvalue weighted by Gasteiger charge is 2.31. The van der Waals surface area contributed by atoms with Gasteiger partial charge < -0.3 is 20.1 Å². The molecular formula is C17H26N2O3. The summed E-state index contributed by atoms with van der Waals surface area (Å²) in [5, 5.41) is 12.3. The Morgan fingerprint density at radius 2 is 2.05 bits per heavy atom. The molecule has 1 aromatic rings. The van der Waals surface area contributed by atoms with Crippen LogP contribution in [0.25, 0.3) is 0 Å². The number of hydrogen-bond donors (Lipinski definition) is 2. The Balaban J connectivity index is 1.87. The number of carbonyl (C=O) groups is 1. The van der Waals surface area contributed by atoms with Gasteiger partial charge in [0.1, 0.15) is 6.61 Å². The minimum absolute atomic E-state index is 0.116. The second-order valence-electron chi connectivity index (χ2n) is 5.79. The van der Waals surface area contributed by atoms with E-state index in [1.54, 1.807) is 11.9 Å². The zero-order valence-corrected chi connectivity index (χ0v) is 13.2. The van der Waals surface area contributed by atoms with Crippen LogP contribution in [-0.2, 0) is 11.3 Å². The number of rotatable bonds is 6. The summed E-state index contributed by atoms with van der Waals surface area (Å²) in [7, 11) is 1.80. The van der Waals surface area contributed by atoms with Crippen molar-refractivity contribution in [3.05, 3.63) is 35.9 Å². The Bertz CT molecular complexity index is 452. The van der Waals surface area contributed by atoms with Crippen LogP contribution in [0.1, 0.15) is 31.2 Å². The molecule has 0 radical (unpaired) electrons. The van der Waals surface area contributed by atoms with E-state index in [4.69, 9.17) is 9.84 Å². The summed E-state index contributed by atoms with van der Waals surface area (Å²) in [4.78, 5) is 14.0. The quantitative estimate of drug-likeness (QED) is 0.845. The molecule has 1 fully saturated rings. The van der Waals surface area contributed by atoms with E-state index < -0.39 is 0 Å². The van der Waals surface area contributed by atoms with Crippen LogP contribution in [0.4, 0.5) is 4.79 Å². The number of ether oxygens (including phenoxy) is 1. The summed E-state index contributed by atoms with van der Waals surface area (Å²) in [6.07, 6.45) is 4.00. The summed E-state index contributed by atoms with van der Waals surface area (Å²) < 4.78 is 5.41. The zero-order chi connectivity index (χ0) is 15.8. The van der Waals surface area contributed by atoms with Crippen LogP contribution in [0.15, 0.2) is 30.3 Å². The first kappa shape index (κ1) is 16.8. The van der Waals surface area contributed by atoms with Crippen molar-refractivity contribution in [1.82, 2.24) is 10.2 Å². The van der Waals surface area contributed by atoms with Gasteiger partial charge in [0.15, 0.2) is 0 Å². The molecule has 1 saturated carbocycles. The van der Waals surface area contributed by atoms with Gasteiger partial charge in [-0.15, -0.1) is 0 Å². The molecule has 2 N–H and O–H groups in total. The molecule has 22 heavy (non-hydrogen) atoms. The lowest BCUT2D eigenvalue weighted by Crippen LogP contribution is -2.52. The molecule has 5 heteroatoms. The molecule has 0 bridgehead atoms. The Labute approximate surface area is 132 Å². The van der Waals surface area contributed by atoms with Crippen molar-refractivity contribution < 1.29 is 14.6 Å². The van der Waals surface area contributed by atoms with Crippen molar-refractivity contribution in [3.8, 4) is 0 Å². The maximum absolute atomic E-state index is 12.3. The van der Waals surface area contributed by atoms with Gasteiger partial charge in [0.2, 0.25) is 0 Å². The fourth-order valence-corrected chi connectivity index (χ4v) is 3.02. The number of nitrogens with one attached hydrogen (secondary N) is 1. The van der Waals surface area contributed by atoms with Crippen molar-refractivity contribution in [1.29, 1.82) is 0 Å². The average molecular weight is 306 g/mol. The summed E-state index contributed by atoms with van der Waals surface area (Å²) in [6, 6.07) is 10.1. The van der Waals surface area contributed by atoms with Crippen LogP contribution < -0.4 is 5.32 Å². The number of carbonyl (C=O) groups excluding carboxylic acids is 1. The molecular weight excluding hydrogens is 280 g/mol.